The van der Waals surface area contributed by atoms with Crippen LogP contribution in [0.4, 0.5) is 0 Å². The molecule has 7 heteroatoms. The molecule has 0 bridgehead atoms. The van der Waals surface area contributed by atoms with Gasteiger partial charge in [-0.2, -0.15) is 0 Å². The van der Waals surface area contributed by atoms with Crippen molar-refractivity contribution in [2.45, 2.75) is 33.1 Å². The molecule has 6 aliphatic rings. The molecule has 1 unspecified atom stereocenters. The van der Waals surface area contributed by atoms with Crippen LogP contribution in [0.3, 0.4) is 0 Å². The van der Waals surface area contributed by atoms with Crippen molar-refractivity contribution < 1.29 is 9.47 Å². The second kappa shape index (κ2) is 11.5. The lowest BCUT2D eigenvalue weighted by Crippen LogP contribution is -2.22. The fraction of sp³-hybridized carbons (Fsp3) is 0.130. The Bertz CT molecular complexity index is 2850. The Morgan fingerprint density at radius 2 is 1.40 bits per heavy atom. The van der Waals surface area contributed by atoms with Crippen LogP contribution in [-0.4, -0.2) is 19.1 Å². The summed E-state index contributed by atoms with van der Waals surface area (Å²) in [4.78, 5) is 9.56. The van der Waals surface area contributed by atoms with Gasteiger partial charge in [0.2, 0.25) is 0 Å². The van der Waals surface area contributed by atoms with Crippen LogP contribution in [-0.2, 0) is 12.8 Å². The molecule has 2 aromatic heterocycles. The number of aryl methyl sites for hydroxylation is 2. The minimum absolute atomic E-state index is 0.362. The number of para-hydroxylation sites is 2. The van der Waals surface area contributed by atoms with E-state index in [-0.39, 0.29) is 0 Å². The zero-order chi connectivity index (χ0) is 35.4. The first-order valence-electron chi connectivity index (χ1n) is 18.3. The number of imidazole rings is 2. The lowest BCUT2D eigenvalue weighted by atomic mass is 9.66. The molecular formula is C46H33BrN4O2. The second-order valence-corrected chi connectivity index (χ2v) is 14.9. The van der Waals surface area contributed by atoms with Crippen molar-refractivity contribution in [1.29, 1.82) is 0 Å². The summed E-state index contributed by atoms with van der Waals surface area (Å²) in [6.45, 7) is 4.28. The zero-order valence-electron chi connectivity index (χ0n) is 29.2. The maximum atomic E-state index is 6.46. The molecule has 0 spiro atoms. The number of benzene rings is 4. The average Bonchev–Trinajstić information content (AvgIpc) is 3.77. The Kier molecular flexibility index (Phi) is 6.68. The monoisotopic (exact) mass is 752 g/mol. The van der Waals surface area contributed by atoms with Gasteiger partial charge in [-0.1, -0.05) is 90.5 Å². The Balaban J connectivity index is 0.000000147. The van der Waals surface area contributed by atoms with Crippen LogP contribution in [0, 0.1) is 5.92 Å². The fourth-order valence-corrected chi connectivity index (χ4v) is 9.09. The highest BCUT2D eigenvalue weighted by Crippen LogP contribution is 2.52. The number of nitrogens with zero attached hydrogens (tertiary/aromatic N) is 4. The first-order valence-corrected chi connectivity index (χ1v) is 19.1. The minimum Gasteiger partial charge on any atom is -0.453 e. The molecule has 4 aliphatic carbocycles. The predicted octanol–water partition coefficient (Wildman–Crippen LogP) is 11.8. The molecule has 0 saturated heterocycles. The summed E-state index contributed by atoms with van der Waals surface area (Å²) in [6.07, 6.45) is 21.1. The van der Waals surface area contributed by atoms with E-state index in [4.69, 9.17) is 19.4 Å². The fourth-order valence-electron chi connectivity index (χ4n) is 8.75. The van der Waals surface area contributed by atoms with Crippen molar-refractivity contribution in [2.24, 2.45) is 5.92 Å². The van der Waals surface area contributed by atoms with Crippen LogP contribution >= 0.6 is 15.9 Å². The van der Waals surface area contributed by atoms with E-state index in [2.05, 4.69) is 118 Å². The molecule has 6 nitrogen and oxygen atoms in total. The molecule has 53 heavy (non-hydrogen) atoms. The normalized spacial score (nSPS) is 17.8. The van der Waals surface area contributed by atoms with Gasteiger partial charge in [-0.3, -0.25) is 9.13 Å². The Hall–Kier alpha value is -5.92. The van der Waals surface area contributed by atoms with E-state index >= 15 is 0 Å². The number of allylic oxidation sites excluding steroid dienone is 14. The summed E-state index contributed by atoms with van der Waals surface area (Å²) in [5.74, 6) is 5.98. The molecule has 4 aromatic carbocycles. The summed E-state index contributed by atoms with van der Waals surface area (Å²) in [5.41, 5.74) is 15.7. The number of ether oxygens (including phenoxy) is 2. The molecule has 6 aromatic rings. The Morgan fingerprint density at radius 3 is 2.09 bits per heavy atom. The molecule has 0 amide bonds. The van der Waals surface area contributed by atoms with Gasteiger partial charge in [-0.25, -0.2) is 9.97 Å². The largest absolute Gasteiger partial charge is 0.453 e. The van der Waals surface area contributed by atoms with Gasteiger partial charge in [0, 0.05) is 23.2 Å². The van der Waals surface area contributed by atoms with E-state index in [9.17, 15) is 0 Å². The molecular weight excluding hydrogens is 720 g/mol. The van der Waals surface area contributed by atoms with E-state index in [1.54, 1.807) is 0 Å². The second-order valence-electron chi connectivity index (χ2n) is 14.0. The molecule has 0 N–H and O–H groups in total. The predicted molar refractivity (Wildman–Crippen MR) is 214 cm³/mol. The lowest BCUT2D eigenvalue weighted by Gasteiger charge is -2.37. The molecule has 0 saturated carbocycles. The van der Waals surface area contributed by atoms with Crippen LogP contribution in [0.2, 0.25) is 0 Å². The van der Waals surface area contributed by atoms with Gasteiger partial charge in [0.1, 0.15) is 22.7 Å². The standard InChI is InChI=1S/C31H22N2O.C15H11BrN2O/c1-2-28-32-24-10-5-11-26-31(24)33(28)25-15-14-20(17-27(25)34-26)23-16-21-8-3-6-18-12-13-19-7-4-9-22(23)30(19)29(18)21;1-2-14-17-10-4-3-5-12-15(10)18(14)11-7-6-9(16)8-13(11)19-12/h3-6,8-17,29H,2,7H2,1H3;3-8H,2H2,1H3. The SMILES string of the molecule is CCc1nc2cccc3c2n1-c1ccc(Br)cc1O3.CCc1nc2cccc3c2n1-c1ccc(C2=CC4=CC=CC5=CC=C6CC=CC2=C6C54)cc1O3. The van der Waals surface area contributed by atoms with Crippen molar-refractivity contribution in [1.82, 2.24) is 19.1 Å². The van der Waals surface area contributed by atoms with Crippen LogP contribution in [0.1, 0.15) is 37.5 Å². The summed E-state index contributed by atoms with van der Waals surface area (Å²) < 4.78 is 18.0. The smallest absolute Gasteiger partial charge is 0.153 e. The number of halogens is 1. The first kappa shape index (κ1) is 30.7. The van der Waals surface area contributed by atoms with Crippen molar-refractivity contribution in [3.05, 3.63) is 171 Å². The minimum atomic E-state index is 0.362. The topological polar surface area (TPSA) is 54.1 Å². The molecule has 2 aliphatic heterocycles. The summed E-state index contributed by atoms with van der Waals surface area (Å²) >= 11 is 3.49. The highest BCUT2D eigenvalue weighted by molar-refractivity contribution is 9.10. The first-order chi connectivity index (χ1) is 26.1. The third-order valence-corrected chi connectivity index (χ3v) is 11.5. The van der Waals surface area contributed by atoms with Gasteiger partial charge in [0.15, 0.2) is 23.0 Å². The van der Waals surface area contributed by atoms with Crippen molar-refractivity contribution >= 4 is 43.6 Å². The van der Waals surface area contributed by atoms with Gasteiger partial charge in [0.05, 0.1) is 22.4 Å². The van der Waals surface area contributed by atoms with Crippen LogP contribution < -0.4 is 9.47 Å². The van der Waals surface area contributed by atoms with Crippen molar-refractivity contribution in [3.63, 3.8) is 0 Å². The van der Waals surface area contributed by atoms with Gasteiger partial charge >= 0.3 is 0 Å². The van der Waals surface area contributed by atoms with Crippen molar-refractivity contribution in [2.75, 3.05) is 0 Å². The zero-order valence-corrected chi connectivity index (χ0v) is 30.8. The van der Waals surface area contributed by atoms with E-state index < -0.39 is 0 Å². The third kappa shape index (κ3) is 4.50. The number of hydrogen-bond donors (Lipinski definition) is 0. The highest BCUT2D eigenvalue weighted by Gasteiger charge is 2.35. The molecule has 12 rings (SSSR count). The average molecular weight is 754 g/mol. The van der Waals surface area contributed by atoms with E-state index in [1.165, 1.54) is 39.0 Å². The lowest BCUT2D eigenvalue weighted by molar-refractivity contribution is 0.474. The maximum Gasteiger partial charge on any atom is 0.153 e. The van der Waals surface area contributed by atoms with Gasteiger partial charge in [0.25, 0.3) is 0 Å². The molecule has 4 heterocycles. The van der Waals surface area contributed by atoms with Crippen molar-refractivity contribution in [3.8, 4) is 34.4 Å². The number of rotatable bonds is 3. The highest BCUT2D eigenvalue weighted by atomic mass is 79.9. The molecule has 1 atom stereocenters. The number of aromatic nitrogens is 4. The molecule has 0 radical (unpaired) electrons. The number of fused-ring (bicyclic) bond motifs is 4. The third-order valence-electron chi connectivity index (χ3n) is 11.0. The maximum absolute atomic E-state index is 6.46. The Labute approximate surface area is 315 Å². The summed E-state index contributed by atoms with van der Waals surface area (Å²) in [7, 11) is 0. The van der Waals surface area contributed by atoms with E-state index in [1.807, 2.05) is 42.5 Å². The quantitative estimate of drug-likeness (QED) is 0.180. The van der Waals surface area contributed by atoms with Crippen LogP contribution in [0.15, 0.2) is 154 Å². The van der Waals surface area contributed by atoms with Gasteiger partial charge in [-0.05, 0) is 106 Å². The summed E-state index contributed by atoms with van der Waals surface area (Å²) in [6, 6.07) is 24.9. The Morgan fingerprint density at radius 1 is 0.717 bits per heavy atom. The van der Waals surface area contributed by atoms with E-state index in [0.717, 1.165) is 91.8 Å². The summed E-state index contributed by atoms with van der Waals surface area (Å²) in [5, 5.41) is 0. The van der Waals surface area contributed by atoms with E-state index in [0.29, 0.717) is 5.92 Å². The van der Waals surface area contributed by atoms with Crippen LogP contribution in [0.5, 0.6) is 23.0 Å². The van der Waals surface area contributed by atoms with Gasteiger partial charge < -0.3 is 9.47 Å². The molecule has 256 valence electrons. The number of hydrogen-bond acceptors (Lipinski definition) is 4. The molecule has 0 fully saturated rings. The van der Waals surface area contributed by atoms with Crippen LogP contribution in [0.25, 0.3) is 39.0 Å². The van der Waals surface area contributed by atoms with Gasteiger partial charge in [-0.15, -0.1) is 0 Å².